The summed E-state index contributed by atoms with van der Waals surface area (Å²) in [6.07, 6.45) is 0. The molecule has 0 radical (unpaired) electrons. The van der Waals surface area contributed by atoms with Crippen molar-refractivity contribution in [3.05, 3.63) is 84.9 Å². The van der Waals surface area contributed by atoms with Gasteiger partial charge in [-0.15, -0.1) is 15.3 Å². The number of fused-ring (bicyclic) bond motifs is 2. The molecule has 0 amide bonds. The predicted octanol–water partition coefficient (Wildman–Crippen LogP) is -3.35. The number of hydrogen-bond acceptors (Lipinski definition) is 16. The zero-order valence-corrected chi connectivity index (χ0v) is 39.5. The van der Waals surface area contributed by atoms with E-state index in [2.05, 4.69) is 20.5 Å². The molecular formula is C34H24N5Na3O13S3. The third kappa shape index (κ3) is 10.0. The number of nitrogens with two attached hydrogens (primary N) is 1. The number of anilines is 1. The average Bonchev–Trinajstić information content (AvgIpc) is 3.12. The summed E-state index contributed by atoms with van der Waals surface area (Å²) >= 11 is 0. The summed E-state index contributed by atoms with van der Waals surface area (Å²) in [5.41, 5.74) is 5.98. The Morgan fingerprint density at radius 3 is 1.62 bits per heavy atom. The van der Waals surface area contributed by atoms with Crippen molar-refractivity contribution in [3.8, 4) is 34.1 Å². The topological polar surface area (TPSA) is 306 Å². The van der Waals surface area contributed by atoms with Crippen LogP contribution in [0.5, 0.6) is 23.0 Å². The first-order valence-electron chi connectivity index (χ1n) is 15.2. The van der Waals surface area contributed by atoms with Crippen LogP contribution in [0.1, 0.15) is 0 Å². The molecule has 0 aliphatic rings. The van der Waals surface area contributed by atoms with Crippen molar-refractivity contribution in [3.63, 3.8) is 0 Å². The second kappa shape index (κ2) is 19.0. The summed E-state index contributed by atoms with van der Waals surface area (Å²) in [7, 11) is -12.3. The van der Waals surface area contributed by atoms with Crippen molar-refractivity contribution in [2.24, 2.45) is 20.5 Å². The van der Waals surface area contributed by atoms with Gasteiger partial charge in [-0.3, -0.25) is 9.11 Å². The Kier molecular flexibility index (Phi) is 16.1. The van der Waals surface area contributed by atoms with Crippen LogP contribution in [0.3, 0.4) is 0 Å². The number of benzene rings is 6. The standard InChI is InChI=1S/C34H27N5O13S3.3Na/c1-51-25-14-17(6-10-22(25)36-38-24-12-8-20-27(53(42,43)44)13-9-21(35)31(20)33(24)40)18-7-11-23(26(15-18)52-2)37-39-32-29(55(48,49)50)16-19-4-3-5-28(54(45,46)47)30(19)34(32)41;;;/h3-16,40-41H,35H2,1-2H3,(H,42,43,44)(H,45,46,47)(H,48,49,50);;;/q;3*+1/p-3. The number of rotatable bonds is 10. The second-order valence-corrected chi connectivity index (χ2v) is 15.6. The third-order valence-electron chi connectivity index (χ3n) is 8.17. The summed E-state index contributed by atoms with van der Waals surface area (Å²) in [6.45, 7) is 0. The molecule has 0 aromatic heterocycles. The van der Waals surface area contributed by atoms with E-state index in [1.807, 2.05) is 0 Å². The van der Waals surface area contributed by atoms with E-state index in [1.165, 1.54) is 50.6 Å². The van der Waals surface area contributed by atoms with Crippen molar-refractivity contribution in [1.29, 1.82) is 0 Å². The SMILES string of the molecule is COc1cc(-c2ccc(N=Nc3c(S(=O)(=O)O)cc4cccc(S(=O)(=O)O)c4c3[O-])c(OC)c2)ccc1N=Nc1ccc2c(S(=O)(=O)[O-])ccc(N)c2c1[O-].[Na+].[Na+].[Na+]. The third-order valence-corrected chi connectivity index (χ3v) is 10.8. The zero-order chi connectivity index (χ0) is 40.0. The Hall–Kier alpha value is -3.23. The molecule has 0 atom stereocenters. The smallest absolute Gasteiger partial charge is 0.870 e. The van der Waals surface area contributed by atoms with Crippen molar-refractivity contribution < 1.29 is 147 Å². The quantitative estimate of drug-likeness (QED) is 0.0525. The van der Waals surface area contributed by atoms with E-state index in [0.29, 0.717) is 11.1 Å². The molecule has 0 fully saturated rings. The van der Waals surface area contributed by atoms with E-state index >= 15 is 0 Å². The first kappa shape index (κ1) is 49.1. The molecule has 24 heteroatoms. The van der Waals surface area contributed by atoms with Crippen molar-refractivity contribution >= 4 is 80.3 Å². The Bertz CT molecular complexity index is 2990. The number of nitrogen functional groups attached to an aromatic ring is 1. The molecule has 4 N–H and O–H groups in total. The van der Waals surface area contributed by atoms with Gasteiger partial charge in [-0.25, -0.2) is 8.42 Å². The number of hydrogen-bond donors (Lipinski definition) is 3. The molecule has 0 saturated carbocycles. The molecule has 0 aliphatic carbocycles. The molecule has 0 heterocycles. The van der Waals surface area contributed by atoms with Crippen LogP contribution < -0.4 is 114 Å². The Labute approximate surface area is 397 Å². The van der Waals surface area contributed by atoms with Gasteiger partial charge in [-0.05, 0) is 76.5 Å². The van der Waals surface area contributed by atoms with E-state index in [-0.39, 0.29) is 139 Å². The number of methoxy groups -OCH3 is 2. The minimum absolute atomic E-state index is 0. The maximum atomic E-state index is 13.4. The fourth-order valence-electron chi connectivity index (χ4n) is 5.65. The fraction of sp³-hybridized carbons (Fsp3) is 0.0588. The first-order valence-corrected chi connectivity index (χ1v) is 19.5. The molecule has 0 aliphatic heterocycles. The second-order valence-electron chi connectivity index (χ2n) is 11.5. The van der Waals surface area contributed by atoms with Gasteiger partial charge >= 0.3 is 88.7 Å². The minimum atomic E-state index is -5.08. The van der Waals surface area contributed by atoms with Gasteiger partial charge in [-0.1, -0.05) is 41.8 Å². The van der Waals surface area contributed by atoms with Gasteiger partial charge in [0, 0.05) is 16.5 Å². The van der Waals surface area contributed by atoms with Gasteiger partial charge in [-0.2, -0.15) is 21.9 Å². The van der Waals surface area contributed by atoms with Crippen LogP contribution in [-0.2, 0) is 30.4 Å². The minimum Gasteiger partial charge on any atom is -0.870 e. The molecule has 0 bridgehead atoms. The van der Waals surface area contributed by atoms with E-state index in [0.717, 1.165) is 30.3 Å². The molecule has 6 rings (SSSR count). The van der Waals surface area contributed by atoms with Crippen molar-refractivity contribution in [2.75, 3.05) is 20.0 Å². The summed E-state index contributed by atoms with van der Waals surface area (Å²) in [5, 5.41) is 41.3. The molecule has 58 heavy (non-hydrogen) atoms. The predicted molar refractivity (Wildman–Crippen MR) is 192 cm³/mol. The van der Waals surface area contributed by atoms with E-state index in [4.69, 9.17) is 15.2 Å². The van der Waals surface area contributed by atoms with Crippen LogP contribution in [0, 0.1) is 0 Å². The molecule has 6 aromatic carbocycles. The van der Waals surface area contributed by atoms with E-state index in [1.54, 1.807) is 18.2 Å². The molecule has 18 nitrogen and oxygen atoms in total. The molecular weight excluding hydrogens is 852 g/mol. The largest absolute Gasteiger partial charge is 1.00 e. The Morgan fingerprint density at radius 1 is 0.586 bits per heavy atom. The van der Waals surface area contributed by atoms with E-state index < -0.39 is 67.6 Å². The van der Waals surface area contributed by atoms with Gasteiger partial charge in [0.2, 0.25) is 0 Å². The molecule has 284 valence electrons. The van der Waals surface area contributed by atoms with E-state index in [9.17, 15) is 49.1 Å². The average molecular weight is 876 g/mol. The maximum Gasteiger partial charge on any atom is 1.00 e. The summed E-state index contributed by atoms with van der Waals surface area (Å²) in [4.78, 5) is -2.37. The van der Waals surface area contributed by atoms with Crippen LogP contribution in [0.15, 0.2) is 120 Å². The molecule has 6 aromatic rings. The Balaban J connectivity index is 0.00000300. The molecule has 0 unspecified atom stereocenters. The number of nitrogens with zero attached hydrogens (tertiary/aromatic N) is 4. The van der Waals surface area contributed by atoms with Crippen LogP contribution in [-0.4, -0.2) is 53.1 Å². The number of azo groups is 2. The van der Waals surface area contributed by atoms with Gasteiger partial charge in [0.25, 0.3) is 20.2 Å². The van der Waals surface area contributed by atoms with Crippen LogP contribution in [0.4, 0.5) is 28.4 Å². The van der Waals surface area contributed by atoms with Gasteiger partial charge < -0.3 is 30.0 Å². The summed E-state index contributed by atoms with van der Waals surface area (Å²) in [6, 6.07) is 17.9. The van der Waals surface area contributed by atoms with Gasteiger partial charge in [0.1, 0.15) is 42.8 Å². The van der Waals surface area contributed by atoms with Crippen molar-refractivity contribution in [1.82, 2.24) is 0 Å². The van der Waals surface area contributed by atoms with Crippen LogP contribution >= 0.6 is 0 Å². The zero-order valence-electron chi connectivity index (χ0n) is 31.1. The normalized spacial score (nSPS) is 11.9. The molecule has 0 saturated heterocycles. The monoisotopic (exact) mass is 875 g/mol. The summed E-state index contributed by atoms with van der Waals surface area (Å²) in [5.74, 6) is -1.72. The van der Waals surface area contributed by atoms with Crippen molar-refractivity contribution in [2.45, 2.75) is 14.7 Å². The summed E-state index contributed by atoms with van der Waals surface area (Å²) < 4.78 is 114. The van der Waals surface area contributed by atoms with Gasteiger partial charge in [0.05, 0.1) is 30.5 Å². The fourth-order valence-corrected chi connectivity index (χ4v) is 7.69. The van der Waals surface area contributed by atoms with Crippen LogP contribution in [0.25, 0.3) is 32.7 Å². The molecule has 0 spiro atoms. The first-order chi connectivity index (χ1) is 25.8. The Morgan fingerprint density at radius 2 is 1.10 bits per heavy atom. The maximum absolute atomic E-state index is 13.4. The van der Waals surface area contributed by atoms with Crippen LogP contribution in [0.2, 0.25) is 0 Å². The number of ether oxygens (including phenoxy) is 2. The van der Waals surface area contributed by atoms with Gasteiger partial charge in [0.15, 0.2) is 0 Å².